The van der Waals surface area contributed by atoms with E-state index in [1.807, 2.05) is 48.8 Å². The van der Waals surface area contributed by atoms with E-state index in [1.165, 1.54) is 0 Å². The van der Waals surface area contributed by atoms with E-state index in [-0.39, 0.29) is 5.91 Å². The number of fused-ring (bicyclic) bond motifs is 3. The van der Waals surface area contributed by atoms with Gasteiger partial charge in [0.15, 0.2) is 5.82 Å². The largest absolute Gasteiger partial charge is 0.412 e. The summed E-state index contributed by atoms with van der Waals surface area (Å²) in [5, 5.41) is 3.96. The van der Waals surface area contributed by atoms with E-state index in [1.54, 1.807) is 0 Å². The maximum atomic E-state index is 11.4. The van der Waals surface area contributed by atoms with Gasteiger partial charge in [-0.3, -0.25) is 4.79 Å². The van der Waals surface area contributed by atoms with Crippen LogP contribution in [0.2, 0.25) is 0 Å². The Balaban J connectivity index is 1.91. The maximum Gasteiger partial charge on any atom is 0.219 e. The third-order valence-electron chi connectivity index (χ3n) is 5.11. The SMILES string of the molecule is CCCCc1nc2c(N(C)C)nc3ccccc3c2n1OCCCCNC(=O)CC. The zero-order chi connectivity index (χ0) is 21.5. The first-order valence-electron chi connectivity index (χ1n) is 10.9. The van der Waals surface area contributed by atoms with Crippen LogP contribution in [0, 0.1) is 0 Å². The number of hydrogen-bond acceptors (Lipinski definition) is 5. The molecule has 1 N–H and O–H groups in total. The molecule has 1 aromatic carbocycles. The molecule has 7 heteroatoms. The molecular formula is C23H33N5O2. The number of carbonyl (C=O) groups excluding carboxylic acids is 1. The van der Waals surface area contributed by atoms with Crippen molar-refractivity contribution in [2.24, 2.45) is 0 Å². The molecule has 2 aromatic heterocycles. The normalized spacial score (nSPS) is 11.2. The van der Waals surface area contributed by atoms with Gasteiger partial charge in [-0.25, -0.2) is 9.97 Å². The first kappa shape index (κ1) is 21.9. The first-order chi connectivity index (χ1) is 14.6. The summed E-state index contributed by atoms with van der Waals surface area (Å²) >= 11 is 0. The lowest BCUT2D eigenvalue weighted by molar-refractivity contribution is -0.120. The van der Waals surface area contributed by atoms with Crippen molar-refractivity contribution >= 4 is 33.7 Å². The first-order valence-corrected chi connectivity index (χ1v) is 10.9. The number of nitrogens with one attached hydrogen (secondary N) is 1. The van der Waals surface area contributed by atoms with Crippen LogP contribution in [-0.4, -0.2) is 47.9 Å². The number of imidazole rings is 1. The van der Waals surface area contributed by atoms with Crippen molar-refractivity contribution in [1.82, 2.24) is 20.0 Å². The summed E-state index contributed by atoms with van der Waals surface area (Å²) in [7, 11) is 3.99. The van der Waals surface area contributed by atoms with E-state index in [9.17, 15) is 4.79 Å². The second kappa shape index (κ2) is 10.3. The Morgan fingerprint density at radius 3 is 2.67 bits per heavy atom. The van der Waals surface area contributed by atoms with Crippen molar-refractivity contribution in [2.45, 2.75) is 52.4 Å². The van der Waals surface area contributed by atoms with Gasteiger partial charge in [0.25, 0.3) is 0 Å². The molecule has 162 valence electrons. The van der Waals surface area contributed by atoms with Crippen LogP contribution >= 0.6 is 0 Å². The molecule has 0 aliphatic rings. The Morgan fingerprint density at radius 2 is 1.93 bits per heavy atom. The van der Waals surface area contributed by atoms with Gasteiger partial charge in [-0.2, -0.15) is 4.73 Å². The molecule has 0 aliphatic carbocycles. The molecule has 7 nitrogen and oxygen atoms in total. The Morgan fingerprint density at radius 1 is 1.13 bits per heavy atom. The van der Waals surface area contributed by atoms with Crippen LogP contribution < -0.4 is 15.1 Å². The minimum absolute atomic E-state index is 0.0913. The molecule has 2 heterocycles. The number of rotatable bonds is 11. The van der Waals surface area contributed by atoms with Gasteiger partial charge in [0.1, 0.15) is 23.5 Å². The van der Waals surface area contributed by atoms with Crippen LogP contribution in [0.5, 0.6) is 0 Å². The number of unbranched alkanes of at least 4 members (excludes halogenated alkanes) is 2. The minimum atomic E-state index is 0.0913. The smallest absolute Gasteiger partial charge is 0.219 e. The number of hydrogen-bond donors (Lipinski definition) is 1. The van der Waals surface area contributed by atoms with Gasteiger partial charge < -0.3 is 15.1 Å². The molecule has 1 amide bonds. The molecule has 3 rings (SSSR count). The average Bonchev–Trinajstić information content (AvgIpc) is 3.12. The third kappa shape index (κ3) is 4.83. The highest BCUT2D eigenvalue weighted by molar-refractivity contribution is 6.06. The summed E-state index contributed by atoms with van der Waals surface area (Å²) in [5.74, 6) is 1.88. The van der Waals surface area contributed by atoms with Gasteiger partial charge in [0.05, 0.1) is 5.52 Å². The van der Waals surface area contributed by atoms with Crippen LogP contribution in [0.4, 0.5) is 5.82 Å². The number of benzene rings is 1. The number of aryl methyl sites for hydroxylation is 1. The monoisotopic (exact) mass is 411 g/mol. The summed E-state index contributed by atoms with van der Waals surface area (Å²) in [6, 6.07) is 8.14. The van der Waals surface area contributed by atoms with E-state index in [2.05, 4.69) is 18.3 Å². The second-order valence-electron chi connectivity index (χ2n) is 7.71. The van der Waals surface area contributed by atoms with Gasteiger partial charge in [0.2, 0.25) is 5.91 Å². The third-order valence-corrected chi connectivity index (χ3v) is 5.11. The van der Waals surface area contributed by atoms with Crippen LogP contribution in [0.3, 0.4) is 0 Å². The predicted molar refractivity (Wildman–Crippen MR) is 122 cm³/mol. The van der Waals surface area contributed by atoms with E-state index in [0.717, 1.165) is 65.7 Å². The molecule has 0 saturated carbocycles. The Kier molecular flexibility index (Phi) is 7.49. The van der Waals surface area contributed by atoms with E-state index >= 15 is 0 Å². The van der Waals surface area contributed by atoms with Gasteiger partial charge in [-0.1, -0.05) is 38.5 Å². The molecule has 0 atom stereocenters. The molecular weight excluding hydrogens is 378 g/mol. The van der Waals surface area contributed by atoms with E-state index in [4.69, 9.17) is 14.8 Å². The molecule has 0 unspecified atom stereocenters. The summed E-state index contributed by atoms with van der Waals surface area (Å²) in [4.78, 5) is 29.4. The topological polar surface area (TPSA) is 72.3 Å². The summed E-state index contributed by atoms with van der Waals surface area (Å²) in [6.45, 7) is 5.30. The van der Waals surface area contributed by atoms with E-state index < -0.39 is 0 Å². The highest BCUT2D eigenvalue weighted by Gasteiger charge is 2.20. The van der Waals surface area contributed by atoms with Crippen molar-refractivity contribution in [3.8, 4) is 0 Å². The lowest BCUT2D eigenvalue weighted by atomic mass is 10.2. The molecule has 0 fully saturated rings. The van der Waals surface area contributed by atoms with Crippen LogP contribution in [0.15, 0.2) is 24.3 Å². The maximum absolute atomic E-state index is 11.4. The standard InChI is InChI=1S/C23H33N5O2/c1-5-7-14-19-26-21-22(28(19)30-16-11-10-15-24-20(29)6-2)17-12-8-9-13-18(17)25-23(21)27(3)4/h8-9,12-13H,5-7,10-11,14-16H2,1-4H3,(H,24,29). The quantitative estimate of drug-likeness (QED) is 0.487. The number of amides is 1. The average molecular weight is 412 g/mol. The Bertz CT molecular complexity index is 996. The molecule has 0 saturated heterocycles. The van der Waals surface area contributed by atoms with Crippen molar-refractivity contribution in [1.29, 1.82) is 0 Å². The number of para-hydroxylation sites is 1. The molecule has 30 heavy (non-hydrogen) atoms. The number of aromatic nitrogens is 3. The van der Waals surface area contributed by atoms with Gasteiger partial charge in [-0.15, -0.1) is 0 Å². The highest BCUT2D eigenvalue weighted by Crippen LogP contribution is 2.31. The van der Waals surface area contributed by atoms with Crippen molar-refractivity contribution in [3.63, 3.8) is 0 Å². The fraction of sp³-hybridized carbons (Fsp3) is 0.522. The van der Waals surface area contributed by atoms with Crippen molar-refractivity contribution in [3.05, 3.63) is 30.1 Å². The van der Waals surface area contributed by atoms with Gasteiger partial charge >= 0.3 is 0 Å². The Hall–Kier alpha value is -2.83. The molecule has 0 aliphatic heterocycles. The van der Waals surface area contributed by atoms with Crippen molar-refractivity contribution in [2.75, 3.05) is 32.1 Å². The number of nitrogens with zero attached hydrogens (tertiary/aromatic N) is 4. The van der Waals surface area contributed by atoms with Crippen LogP contribution in [-0.2, 0) is 11.2 Å². The van der Waals surface area contributed by atoms with Gasteiger partial charge in [0, 0.05) is 38.9 Å². The number of pyridine rings is 1. The van der Waals surface area contributed by atoms with E-state index in [0.29, 0.717) is 19.6 Å². The van der Waals surface area contributed by atoms with Crippen LogP contribution in [0.25, 0.3) is 21.9 Å². The Labute approximate surface area is 178 Å². The predicted octanol–water partition coefficient (Wildman–Crippen LogP) is 3.73. The summed E-state index contributed by atoms with van der Waals surface area (Å²) in [6.07, 6.45) is 5.28. The lowest BCUT2D eigenvalue weighted by Gasteiger charge is -2.15. The van der Waals surface area contributed by atoms with Crippen LogP contribution in [0.1, 0.15) is 51.8 Å². The fourth-order valence-electron chi connectivity index (χ4n) is 3.46. The van der Waals surface area contributed by atoms with Gasteiger partial charge in [-0.05, 0) is 25.3 Å². The molecule has 0 radical (unpaired) electrons. The zero-order valence-electron chi connectivity index (χ0n) is 18.6. The fourth-order valence-corrected chi connectivity index (χ4v) is 3.46. The molecule has 3 aromatic rings. The summed E-state index contributed by atoms with van der Waals surface area (Å²) in [5.41, 5.74) is 2.79. The van der Waals surface area contributed by atoms with Crippen molar-refractivity contribution < 1.29 is 9.63 Å². The minimum Gasteiger partial charge on any atom is -0.412 e. The molecule has 0 spiro atoms. The zero-order valence-corrected chi connectivity index (χ0v) is 18.6. The highest BCUT2D eigenvalue weighted by atomic mass is 16.7. The summed E-state index contributed by atoms with van der Waals surface area (Å²) < 4.78 is 1.92. The lowest BCUT2D eigenvalue weighted by Crippen LogP contribution is -2.24. The molecule has 0 bridgehead atoms. The second-order valence-corrected chi connectivity index (χ2v) is 7.71. The number of carbonyl (C=O) groups is 1. The number of anilines is 1.